The minimum absolute atomic E-state index is 0.281. The zero-order chi connectivity index (χ0) is 10.3. The standard InChI is InChI=1S/C4H10N6O3/c5-1-8-2(6)10-3(7,9-1)4(11,12)13/h11-13H,7H2,(H5,5,6,8,9,10). The van der Waals surface area contributed by atoms with Gasteiger partial charge in [0.1, 0.15) is 0 Å². The van der Waals surface area contributed by atoms with Crippen LogP contribution in [0.15, 0.2) is 9.98 Å². The summed E-state index contributed by atoms with van der Waals surface area (Å²) in [7, 11) is 0. The average Bonchev–Trinajstić information content (AvgIpc) is 1.79. The number of nitrogens with two attached hydrogens (primary N) is 3. The third-order valence-electron chi connectivity index (χ3n) is 1.33. The van der Waals surface area contributed by atoms with Gasteiger partial charge in [-0.3, -0.25) is 11.1 Å². The van der Waals surface area contributed by atoms with Crippen LogP contribution in [0.5, 0.6) is 0 Å². The van der Waals surface area contributed by atoms with Crippen LogP contribution in [0.4, 0.5) is 0 Å². The summed E-state index contributed by atoms with van der Waals surface area (Å²) in [5.74, 6) is -6.30. The molecule has 0 fully saturated rings. The summed E-state index contributed by atoms with van der Waals surface area (Å²) in [6.45, 7) is 0. The Morgan fingerprint density at radius 1 is 1.15 bits per heavy atom. The lowest BCUT2D eigenvalue weighted by atomic mass is 10.3. The number of nitrogens with one attached hydrogen (secondary N) is 1. The van der Waals surface area contributed by atoms with Crippen molar-refractivity contribution in [2.45, 2.75) is 11.8 Å². The molecule has 10 N–H and O–H groups in total. The average molecular weight is 190 g/mol. The second kappa shape index (κ2) is 2.53. The number of nitrogens with zero attached hydrogens (tertiary/aromatic N) is 2. The molecule has 0 spiro atoms. The third-order valence-corrected chi connectivity index (χ3v) is 1.33. The molecule has 0 saturated heterocycles. The maximum Gasteiger partial charge on any atom is 0.339 e. The Kier molecular flexibility index (Phi) is 1.88. The molecule has 13 heavy (non-hydrogen) atoms. The first kappa shape index (κ1) is 9.67. The van der Waals surface area contributed by atoms with Crippen molar-refractivity contribution < 1.29 is 15.3 Å². The highest BCUT2D eigenvalue weighted by atomic mass is 16.7. The highest BCUT2D eigenvalue weighted by Gasteiger charge is 2.48. The number of aliphatic hydroxyl groups is 3. The molecule has 1 rings (SSSR count). The van der Waals surface area contributed by atoms with Crippen molar-refractivity contribution in [1.29, 1.82) is 0 Å². The molecule has 0 radical (unpaired) electrons. The summed E-state index contributed by atoms with van der Waals surface area (Å²) in [4.78, 5) is 6.56. The van der Waals surface area contributed by atoms with Gasteiger partial charge in [-0.2, -0.15) is 9.98 Å². The second-order valence-electron chi connectivity index (χ2n) is 2.48. The van der Waals surface area contributed by atoms with Crippen molar-refractivity contribution >= 4 is 11.9 Å². The largest absolute Gasteiger partial charge is 0.370 e. The molecular weight excluding hydrogens is 180 g/mol. The van der Waals surface area contributed by atoms with E-state index in [4.69, 9.17) is 32.5 Å². The molecule has 74 valence electrons. The van der Waals surface area contributed by atoms with E-state index in [0.717, 1.165) is 0 Å². The number of guanidine groups is 2. The van der Waals surface area contributed by atoms with Gasteiger partial charge in [0, 0.05) is 0 Å². The van der Waals surface area contributed by atoms with E-state index >= 15 is 0 Å². The molecule has 0 aliphatic carbocycles. The number of hydrogen-bond acceptors (Lipinski definition) is 9. The van der Waals surface area contributed by atoms with E-state index < -0.39 is 11.8 Å². The Labute approximate surface area is 72.6 Å². The summed E-state index contributed by atoms with van der Waals surface area (Å²) in [6.07, 6.45) is 0. The van der Waals surface area contributed by atoms with Gasteiger partial charge in [-0.1, -0.05) is 0 Å². The van der Waals surface area contributed by atoms with Crippen LogP contribution in [0.1, 0.15) is 0 Å². The van der Waals surface area contributed by atoms with Gasteiger partial charge in [0.25, 0.3) is 5.79 Å². The Morgan fingerprint density at radius 2 is 1.54 bits per heavy atom. The van der Waals surface area contributed by atoms with Gasteiger partial charge in [-0.25, -0.2) is 0 Å². The van der Waals surface area contributed by atoms with E-state index in [9.17, 15) is 0 Å². The van der Waals surface area contributed by atoms with Gasteiger partial charge in [0.05, 0.1) is 0 Å². The van der Waals surface area contributed by atoms with Gasteiger partial charge in [-0.05, 0) is 0 Å². The highest BCUT2D eigenvalue weighted by molar-refractivity contribution is 5.98. The van der Waals surface area contributed by atoms with Crippen LogP contribution in [-0.4, -0.2) is 39.0 Å². The van der Waals surface area contributed by atoms with E-state index in [1.54, 1.807) is 0 Å². The van der Waals surface area contributed by atoms with Crippen molar-refractivity contribution in [1.82, 2.24) is 5.32 Å². The van der Waals surface area contributed by atoms with Gasteiger partial charge in [-0.15, -0.1) is 0 Å². The fourth-order valence-electron chi connectivity index (χ4n) is 0.729. The van der Waals surface area contributed by atoms with Crippen LogP contribution in [0.2, 0.25) is 0 Å². The van der Waals surface area contributed by atoms with E-state index in [1.807, 2.05) is 0 Å². The lowest BCUT2D eigenvalue weighted by molar-refractivity contribution is -0.345. The summed E-state index contributed by atoms with van der Waals surface area (Å²) in [5.41, 5.74) is 15.5. The van der Waals surface area contributed by atoms with E-state index in [0.29, 0.717) is 0 Å². The summed E-state index contributed by atoms with van der Waals surface area (Å²) in [6, 6.07) is 0. The zero-order valence-electron chi connectivity index (χ0n) is 6.47. The topological polar surface area (TPSA) is 176 Å². The summed E-state index contributed by atoms with van der Waals surface area (Å²) in [5, 5.41) is 28.6. The second-order valence-corrected chi connectivity index (χ2v) is 2.48. The third kappa shape index (κ3) is 1.67. The maximum atomic E-state index is 8.77. The molecule has 0 amide bonds. The van der Waals surface area contributed by atoms with Crippen LogP contribution >= 0.6 is 0 Å². The minimum atomic E-state index is -3.33. The fourth-order valence-corrected chi connectivity index (χ4v) is 0.729. The van der Waals surface area contributed by atoms with Crippen molar-refractivity contribution in [3.63, 3.8) is 0 Å². The first-order chi connectivity index (χ1) is 5.74. The smallest absolute Gasteiger partial charge is 0.339 e. The van der Waals surface area contributed by atoms with Crippen LogP contribution in [0, 0.1) is 0 Å². The van der Waals surface area contributed by atoms with Gasteiger partial charge >= 0.3 is 5.97 Å². The molecule has 1 heterocycles. The van der Waals surface area contributed by atoms with Crippen molar-refractivity contribution in [2.24, 2.45) is 27.2 Å². The molecule has 9 heteroatoms. The molecular formula is C4H10N6O3. The van der Waals surface area contributed by atoms with Gasteiger partial charge in [0.2, 0.25) is 0 Å². The SMILES string of the molecule is NC1=NC(N)(C(O)(O)O)N=C(N)N1. The van der Waals surface area contributed by atoms with Gasteiger partial charge < -0.3 is 26.8 Å². The van der Waals surface area contributed by atoms with Crippen LogP contribution < -0.4 is 22.5 Å². The zero-order valence-corrected chi connectivity index (χ0v) is 6.47. The van der Waals surface area contributed by atoms with Crippen molar-refractivity contribution in [3.05, 3.63) is 0 Å². The minimum Gasteiger partial charge on any atom is -0.370 e. The molecule has 0 unspecified atom stereocenters. The lowest BCUT2D eigenvalue weighted by Gasteiger charge is -2.31. The van der Waals surface area contributed by atoms with Crippen LogP contribution in [0.25, 0.3) is 0 Å². The number of hydrogen-bond donors (Lipinski definition) is 7. The number of aliphatic imine (C=N–C) groups is 2. The molecule has 0 saturated carbocycles. The molecule has 1 aliphatic rings. The fraction of sp³-hybridized carbons (Fsp3) is 0.500. The first-order valence-corrected chi connectivity index (χ1v) is 3.18. The van der Waals surface area contributed by atoms with Gasteiger partial charge in [0.15, 0.2) is 11.9 Å². The molecule has 1 aliphatic heterocycles. The summed E-state index contributed by atoms with van der Waals surface area (Å²) >= 11 is 0. The van der Waals surface area contributed by atoms with E-state index in [-0.39, 0.29) is 11.9 Å². The molecule has 0 aromatic heterocycles. The van der Waals surface area contributed by atoms with Crippen LogP contribution in [-0.2, 0) is 0 Å². The maximum absolute atomic E-state index is 8.77. The van der Waals surface area contributed by atoms with Crippen molar-refractivity contribution in [3.8, 4) is 0 Å². The number of rotatable bonds is 1. The molecule has 0 atom stereocenters. The lowest BCUT2D eigenvalue weighted by Crippen LogP contribution is -2.64. The first-order valence-electron chi connectivity index (χ1n) is 3.18. The molecule has 0 bridgehead atoms. The monoisotopic (exact) mass is 190 g/mol. The quantitative estimate of drug-likeness (QED) is 0.203. The Morgan fingerprint density at radius 3 is 1.85 bits per heavy atom. The predicted octanol–water partition coefficient (Wildman–Crippen LogP) is -4.54. The molecule has 9 nitrogen and oxygen atoms in total. The Balaban J connectivity index is 3.09. The molecule has 0 aromatic rings. The Hall–Kier alpha value is -1.42. The normalized spacial score (nSPS) is 21.5. The van der Waals surface area contributed by atoms with E-state index in [2.05, 4.69) is 15.3 Å². The predicted molar refractivity (Wildman–Crippen MR) is 42.7 cm³/mol. The van der Waals surface area contributed by atoms with Crippen LogP contribution in [0.3, 0.4) is 0 Å². The highest BCUT2D eigenvalue weighted by Crippen LogP contribution is 2.18. The summed E-state index contributed by atoms with van der Waals surface area (Å²) < 4.78 is 0. The van der Waals surface area contributed by atoms with Crippen molar-refractivity contribution in [2.75, 3.05) is 0 Å². The van der Waals surface area contributed by atoms with E-state index in [1.165, 1.54) is 0 Å². The molecule has 0 aromatic carbocycles. The Bertz CT molecular complexity index is 260.